The van der Waals surface area contributed by atoms with Crippen LogP contribution in [0, 0.1) is 5.92 Å². The Morgan fingerprint density at radius 3 is 2.50 bits per heavy atom. The molecule has 4 heteroatoms. The van der Waals surface area contributed by atoms with Crippen LogP contribution in [0.5, 0.6) is 0 Å². The number of rotatable bonds is 3. The van der Waals surface area contributed by atoms with E-state index >= 15 is 0 Å². The highest BCUT2D eigenvalue weighted by atomic mass is 35.5. The summed E-state index contributed by atoms with van der Waals surface area (Å²) in [5, 5.41) is 3.00. The van der Waals surface area contributed by atoms with Crippen molar-refractivity contribution in [2.24, 2.45) is 5.92 Å². The van der Waals surface area contributed by atoms with Crippen molar-refractivity contribution in [2.45, 2.75) is 25.8 Å². The molecule has 0 saturated heterocycles. The molecule has 1 aliphatic carbocycles. The van der Waals surface area contributed by atoms with Crippen LogP contribution in [0.3, 0.4) is 0 Å². The fraction of sp³-hybridized carbons (Fsp3) is 0.417. The zero-order valence-electron chi connectivity index (χ0n) is 9.27. The summed E-state index contributed by atoms with van der Waals surface area (Å²) >= 11 is 0. The van der Waals surface area contributed by atoms with Crippen molar-refractivity contribution in [3.8, 4) is 0 Å². The number of nitrogen functional groups attached to an aromatic ring is 1. The molecular weight excluding hydrogens is 224 g/mol. The summed E-state index contributed by atoms with van der Waals surface area (Å²) < 4.78 is 0. The topological polar surface area (TPSA) is 55.1 Å². The molecule has 2 atom stereocenters. The minimum absolute atomic E-state index is 0. The zero-order chi connectivity index (χ0) is 10.8. The lowest BCUT2D eigenvalue weighted by molar-refractivity contribution is -0.120. The van der Waals surface area contributed by atoms with Crippen LogP contribution in [-0.2, 0) is 11.2 Å². The van der Waals surface area contributed by atoms with Crippen LogP contribution < -0.4 is 11.1 Å². The van der Waals surface area contributed by atoms with Crippen LogP contribution in [-0.4, -0.2) is 11.9 Å². The van der Waals surface area contributed by atoms with Crippen molar-refractivity contribution in [1.29, 1.82) is 0 Å². The SMILES string of the molecule is CC1CC1NC(=O)Cc1ccc(N)cc1.Cl. The molecule has 0 aromatic heterocycles. The van der Waals surface area contributed by atoms with Crippen molar-refractivity contribution in [3.63, 3.8) is 0 Å². The van der Waals surface area contributed by atoms with Gasteiger partial charge in [0.25, 0.3) is 0 Å². The average molecular weight is 241 g/mol. The van der Waals surface area contributed by atoms with Crippen LogP contribution in [0.2, 0.25) is 0 Å². The lowest BCUT2D eigenvalue weighted by Crippen LogP contribution is -2.28. The molecule has 3 N–H and O–H groups in total. The van der Waals surface area contributed by atoms with Gasteiger partial charge in [0.15, 0.2) is 0 Å². The molecule has 0 radical (unpaired) electrons. The van der Waals surface area contributed by atoms with E-state index in [1.54, 1.807) is 0 Å². The first-order valence-electron chi connectivity index (χ1n) is 5.29. The Morgan fingerprint density at radius 1 is 1.44 bits per heavy atom. The molecule has 2 rings (SSSR count). The Labute approximate surface area is 102 Å². The summed E-state index contributed by atoms with van der Waals surface area (Å²) in [7, 11) is 0. The summed E-state index contributed by atoms with van der Waals surface area (Å²) in [6.45, 7) is 2.15. The minimum atomic E-state index is 0. The molecule has 1 amide bonds. The van der Waals surface area contributed by atoms with Gasteiger partial charge >= 0.3 is 0 Å². The minimum Gasteiger partial charge on any atom is -0.399 e. The monoisotopic (exact) mass is 240 g/mol. The number of amides is 1. The fourth-order valence-corrected chi connectivity index (χ4v) is 1.60. The van der Waals surface area contributed by atoms with Gasteiger partial charge < -0.3 is 11.1 Å². The Balaban J connectivity index is 0.00000128. The molecule has 0 bridgehead atoms. The van der Waals surface area contributed by atoms with Crippen LogP contribution in [0.25, 0.3) is 0 Å². The average Bonchev–Trinajstić information content (AvgIpc) is 2.86. The van der Waals surface area contributed by atoms with Crippen LogP contribution in [0.1, 0.15) is 18.9 Å². The number of halogens is 1. The first-order valence-corrected chi connectivity index (χ1v) is 5.29. The molecule has 1 aromatic carbocycles. The van der Waals surface area contributed by atoms with Crippen molar-refractivity contribution in [3.05, 3.63) is 29.8 Å². The maximum Gasteiger partial charge on any atom is 0.224 e. The van der Waals surface area contributed by atoms with Crippen molar-refractivity contribution >= 4 is 24.0 Å². The molecule has 2 unspecified atom stereocenters. The summed E-state index contributed by atoms with van der Waals surface area (Å²) in [6.07, 6.45) is 1.57. The second-order valence-corrected chi connectivity index (χ2v) is 4.31. The van der Waals surface area contributed by atoms with E-state index in [0.717, 1.165) is 17.7 Å². The standard InChI is InChI=1S/C12H16N2O.ClH/c1-8-6-11(8)14-12(15)7-9-2-4-10(13)5-3-9;/h2-5,8,11H,6-7,13H2,1H3,(H,14,15);1H. The van der Waals surface area contributed by atoms with Gasteiger partial charge in [-0.1, -0.05) is 19.1 Å². The fourth-order valence-electron chi connectivity index (χ4n) is 1.60. The smallest absolute Gasteiger partial charge is 0.224 e. The zero-order valence-corrected chi connectivity index (χ0v) is 10.1. The van der Waals surface area contributed by atoms with Gasteiger partial charge in [-0.3, -0.25) is 4.79 Å². The molecule has 88 valence electrons. The number of carbonyl (C=O) groups is 1. The number of anilines is 1. The number of hydrogen-bond acceptors (Lipinski definition) is 2. The number of nitrogens with two attached hydrogens (primary N) is 1. The van der Waals surface area contributed by atoms with Crippen LogP contribution in [0.4, 0.5) is 5.69 Å². The maximum atomic E-state index is 11.6. The third kappa shape index (κ3) is 3.42. The Bertz CT molecular complexity index is 364. The summed E-state index contributed by atoms with van der Waals surface area (Å²) in [5.41, 5.74) is 7.31. The molecule has 16 heavy (non-hydrogen) atoms. The molecule has 1 aliphatic rings. The molecule has 0 heterocycles. The lowest BCUT2D eigenvalue weighted by Gasteiger charge is -2.04. The molecule has 1 fully saturated rings. The normalized spacial score (nSPS) is 22.1. The number of carbonyl (C=O) groups excluding carboxylic acids is 1. The molecule has 0 aliphatic heterocycles. The van der Waals surface area contributed by atoms with E-state index in [4.69, 9.17) is 5.73 Å². The first-order chi connectivity index (χ1) is 7.15. The van der Waals surface area contributed by atoms with Crippen LogP contribution in [0.15, 0.2) is 24.3 Å². The van der Waals surface area contributed by atoms with Crippen molar-refractivity contribution in [2.75, 3.05) is 5.73 Å². The second-order valence-electron chi connectivity index (χ2n) is 4.31. The highest BCUT2D eigenvalue weighted by Gasteiger charge is 2.33. The van der Waals surface area contributed by atoms with Gasteiger partial charge in [0.05, 0.1) is 6.42 Å². The van der Waals surface area contributed by atoms with E-state index in [9.17, 15) is 4.79 Å². The van der Waals surface area contributed by atoms with Gasteiger partial charge in [-0.15, -0.1) is 12.4 Å². The van der Waals surface area contributed by atoms with E-state index in [1.165, 1.54) is 0 Å². The van der Waals surface area contributed by atoms with E-state index in [2.05, 4.69) is 12.2 Å². The predicted octanol–water partition coefficient (Wildman–Crippen LogP) is 1.76. The molecule has 0 spiro atoms. The third-order valence-corrected chi connectivity index (χ3v) is 2.80. The number of hydrogen-bond donors (Lipinski definition) is 2. The van der Waals surface area contributed by atoms with E-state index < -0.39 is 0 Å². The highest BCUT2D eigenvalue weighted by molar-refractivity contribution is 5.85. The van der Waals surface area contributed by atoms with Crippen LogP contribution >= 0.6 is 12.4 Å². The van der Waals surface area contributed by atoms with Gasteiger partial charge in [-0.2, -0.15) is 0 Å². The van der Waals surface area contributed by atoms with Crippen molar-refractivity contribution in [1.82, 2.24) is 5.32 Å². The Morgan fingerprint density at radius 2 is 2.00 bits per heavy atom. The quantitative estimate of drug-likeness (QED) is 0.791. The van der Waals surface area contributed by atoms with Gasteiger partial charge in [0, 0.05) is 11.7 Å². The highest BCUT2D eigenvalue weighted by Crippen LogP contribution is 2.28. The van der Waals surface area contributed by atoms with E-state index in [0.29, 0.717) is 18.4 Å². The largest absolute Gasteiger partial charge is 0.399 e. The van der Waals surface area contributed by atoms with Gasteiger partial charge in [0.1, 0.15) is 0 Å². The first kappa shape index (κ1) is 12.8. The van der Waals surface area contributed by atoms with Gasteiger partial charge in [0.2, 0.25) is 5.91 Å². The molecular formula is C12H17ClN2O. The van der Waals surface area contributed by atoms with Gasteiger partial charge in [-0.05, 0) is 30.0 Å². The van der Waals surface area contributed by atoms with E-state index in [1.807, 2.05) is 24.3 Å². The van der Waals surface area contributed by atoms with Crippen molar-refractivity contribution < 1.29 is 4.79 Å². The van der Waals surface area contributed by atoms with E-state index in [-0.39, 0.29) is 18.3 Å². The second kappa shape index (κ2) is 5.21. The van der Waals surface area contributed by atoms with Gasteiger partial charge in [-0.25, -0.2) is 0 Å². The molecule has 1 aromatic rings. The molecule has 3 nitrogen and oxygen atoms in total. The Hall–Kier alpha value is -1.22. The lowest BCUT2D eigenvalue weighted by atomic mass is 10.1. The Kier molecular flexibility index (Phi) is 4.19. The number of benzene rings is 1. The summed E-state index contributed by atoms with van der Waals surface area (Å²) in [4.78, 5) is 11.6. The molecule has 1 saturated carbocycles. The summed E-state index contributed by atoms with van der Waals surface area (Å²) in [5.74, 6) is 0.759. The maximum absolute atomic E-state index is 11.6. The number of nitrogens with one attached hydrogen (secondary N) is 1. The summed E-state index contributed by atoms with van der Waals surface area (Å²) in [6, 6.07) is 7.84. The predicted molar refractivity (Wildman–Crippen MR) is 67.5 cm³/mol. The third-order valence-electron chi connectivity index (χ3n) is 2.80.